The SMILES string of the molecule is C[Si](C)(Oc1ccccc1)O[Si](C)(C)O[Si](Oc1ccccc1)(Oc1ccccc1)Oc1ccccc1. The predicted molar refractivity (Wildman–Crippen MR) is 151 cm³/mol. The van der Waals surface area contributed by atoms with E-state index in [1.807, 2.05) is 148 Å². The van der Waals surface area contributed by atoms with Crippen molar-refractivity contribution in [3.63, 3.8) is 0 Å². The van der Waals surface area contributed by atoms with E-state index >= 15 is 0 Å². The lowest BCUT2D eigenvalue weighted by Gasteiger charge is -2.37. The number of rotatable bonds is 12. The first-order valence-corrected chi connectivity index (χ1v) is 19.4. The quantitative estimate of drug-likeness (QED) is 0.175. The van der Waals surface area contributed by atoms with Crippen LogP contribution in [0.3, 0.4) is 0 Å². The highest BCUT2D eigenvalue weighted by molar-refractivity contribution is 6.83. The Morgan fingerprint density at radius 1 is 0.351 bits per heavy atom. The third kappa shape index (κ3) is 8.34. The van der Waals surface area contributed by atoms with Crippen LogP contribution in [0.5, 0.6) is 23.0 Å². The fourth-order valence-electron chi connectivity index (χ4n) is 3.73. The fourth-order valence-corrected chi connectivity index (χ4v) is 14.2. The van der Waals surface area contributed by atoms with E-state index in [0.717, 1.165) is 5.75 Å². The lowest BCUT2D eigenvalue weighted by molar-refractivity contribution is 0.141. The molecular formula is C28H32O6Si3. The van der Waals surface area contributed by atoms with Gasteiger partial charge in [0.1, 0.15) is 23.0 Å². The third-order valence-corrected chi connectivity index (χ3v) is 14.0. The van der Waals surface area contributed by atoms with Gasteiger partial charge in [-0.25, -0.2) is 0 Å². The number of para-hydroxylation sites is 4. The predicted octanol–water partition coefficient (Wildman–Crippen LogP) is 7.17. The van der Waals surface area contributed by atoms with Crippen molar-refractivity contribution < 1.29 is 25.9 Å². The van der Waals surface area contributed by atoms with Crippen LogP contribution in [-0.4, -0.2) is 26.2 Å². The van der Waals surface area contributed by atoms with E-state index in [1.165, 1.54) is 0 Å². The molecule has 0 radical (unpaired) electrons. The Bertz CT molecular complexity index is 1120. The lowest BCUT2D eigenvalue weighted by Crippen LogP contribution is -2.65. The zero-order valence-corrected chi connectivity index (χ0v) is 24.5. The second-order valence-electron chi connectivity index (χ2n) is 9.16. The molecule has 4 aromatic carbocycles. The molecule has 0 aliphatic rings. The molecule has 0 saturated heterocycles. The molecule has 0 fully saturated rings. The van der Waals surface area contributed by atoms with Crippen LogP contribution in [0.2, 0.25) is 26.2 Å². The Morgan fingerprint density at radius 3 is 0.973 bits per heavy atom. The van der Waals surface area contributed by atoms with Gasteiger partial charge in [-0.3, -0.25) is 0 Å². The van der Waals surface area contributed by atoms with Crippen LogP contribution in [0.25, 0.3) is 0 Å². The van der Waals surface area contributed by atoms with Gasteiger partial charge < -0.3 is 25.9 Å². The third-order valence-electron chi connectivity index (χ3n) is 4.93. The molecule has 0 unspecified atom stereocenters. The van der Waals surface area contributed by atoms with Crippen molar-refractivity contribution in [2.45, 2.75) is 26.2 Å². The summed E-state index contributed by atoms with van der Waals surface area (Å²) in [4.78, 5) is 0. The molecule has 0 spiro atoms. The molecule has 192 valence electrons. The topological polar surface area (TPSA) is 55.4 Å². The first-order chi connectivity index (χ1) is 17.7. The Kier molecular flexibility index (Phi) is 8.52. The minimum atomic E-state index is -3.94. The van der Waals surface area contributed by atoms with Gasteiger partial charge in [0.25, 0.3) is 0 Å². The minimum Gasteiger partial charge on any atom is -0.521 e. The highest BCUT2D eigenvalue weighted by atomic mass is 28.5. The van der Waals surface area contributed by atoms with Crippen molar-refractivity contribution in [2.24, 2.45) is 0 Å². The van der Waals surface area contributed by atoms with E-state index < -0.39 is 26.2 Å². The molecule has 0 aliphatic heterocycles. The zero-order valence-electron chi connectivity index (χ0n) is 21.5. The molecular weight excluding hydrogens is 517 g/mol. The van der Waals surface area contributed by atoms with Crippen LogP contribution < -0.4 is 17.7 Å². The smallest absolute Gasteiger partial charge is 0.521 e. The summed E-state index contributed by atoms with van der Waals surface area (Å²) in [6.45, 7) is 7.90. The van der Waals surface area contributed by atoms with E-state index in [1.54, 1.807) is 0 Å². The van der Waals surface area contributed by atoms with Gasteiger partial charge in [-0.15, -0.1) is 0 Å². The molecule has 9 heteroatoms. The summed E-state index contributed by atoms with van der Waals surface area (Å²) in [5.41, 5.74) is 0. The Labute approximate surface area is 222 Å². The largest absolute Gasteiger partial charge is 0.884 e. The Morgan fingerprint density at radius 2 is 0.649 bits per heavy atom. The van der Waals surface area contributed by atoms with Crippen molar-refractivity contribution in [3.05, 3.63) is 121 Å². The van der Waals surface area contributed by atoms with E-state index in [4.69, 9.17) is 25.9 Å². The highest BCUT2D eigenvalue weighted by Crippen LogP contribution is 2.29. The first kappa shape index (κ1) is 26.7. The van der Waals surface area contributed by atoms with Crippen molar-refractivity contribution in [3.8, 4) is 23.0 Å². The summed E-state index contributed by atoms with van der Waals surface area (Å²) in [5, 5.41) is 0. The van der Waals surface area contributed by atoms with Crippen LogP contribution in [0.1, 0.15) is 0 Å². The van der Waals surface area contributed by atoms with Crippen LogP contribution >= 0.6 is 0 Å². The summed E-state index contributed by atoms with van der Waals surface area (Å²) < 4.78 is 39.1. The Balaban J connectivity index is 1.67. The molecule has 0 N–H and O–H groups in total. The normalized spacial score (nSPS) is 12.0. The summed E-state index contributed by atoms with van der Waals surface area (Å²) in [7, 11) is -9.57. The van der Waals surface area contributed by atoms with E-state index in [2.05, 4.69) is 0 Å². The van der Waals surface area contributed by atoms with Crippen LogP contribution in [0, 0.1) is 0 Å². The fraction of sp³-hybridized carbons (Fsp3) is 0.143. The summed E-state index contributed by atoms with van der Waals surface area (Å²) in [5.74, 6) is 2.47. The highest BCUT2D eigenvalue weighted by Gasteiger charge is 2.60. The maximum absolute atomic E-state index is 6.75. The van der Waals surface area contributed by atoms with Crippen molar-refractivity contribution in [1.29, 1.82) is 0 Å². The van der Waals surface area contributed by atoms with Gasteiger partial charge in [0.2, 0.25) is 0 Å². The van der Waals surface area contributed by atoms with Crippen LogP contribution in [0.4, 0.5) is 0 Å². The van der Waals surface area contributed by atoms with E-state index in [-0.39, 0.29) is 0 Å². The molecule has 0 bridgehead atoms. The standard InChI is InChI=1S/C28H32O6Si3/c1-35(2,29-25-17-9-5-10-18-25)33-36(3,4)34-37(30-26-19-11-6-12-20-26,31-27-21-13-7-14-22-27)32-28-23-15-8-16-24-28/h5-24H,1-4H3. The second-order valence-corrected chi connectivity index (χ2v) is 18.2. The van der Waals surface area contributed by atoms with Crippen molar-refractivity contribution in [2.75, 3.05) is 0 Å². The molecule has 0 amide bonds. The number of hydrogen-bond donors (Lipinski definition) is 0. The molecule has 4 rings (SSSR count). The van der Waals surface area contributed by atoms with Crippen molar-refractivity contribution in [1.82, 2.24) is 0 Å². The molecule has 0 aliphatic carbocycles. The van der Waals surface area contributed by atoms with Gasteiger partial charge in [-0.05, 0) is 74.7 Å². The first-order valence-electron chi connectivity index (χ1n) is 12.1. The van der Waals surface area contributed by atoms with Gasteiger partial charge in [0, 0.05) is 0 Å². The van der Waals surface area contributed by atoms with Gasteiger partial charge in [-0.2, -0.15) is 0 Å². The summed E-state index contributed by atoms with van der Waals surface area (Å²) in [6, 6.07) is 37.9. The number of hydrogen-bond acceptors (Lipinski definition) is 6. The molecule has 0 saturated carbocycles. The van der Waals surface area contributed by atoms with Gasteiger partial charge in [0.05, 0.1) is 0 Å². The van der Waals surface area contributed by atoms with E-state index in [9.17, 15) is 0 Å². The van der Waals surface area contributed by atoms with Gasteiger partial charge >= 0.3 is 26.2 Å². The molecule has 0 atom stereocenters. The Hall–Kier alpha value is -3.35. The number of benzene rings is 4. The summed E-state index contributed by atoms with van der Waals surface area (Å²) >= 11 is 0. The molecule has 0 heterocycles. The second kappa shape index (κ2) is 11.8. The molecule has 37 heavy (non-hydrogen) atoms. The average Bonchev–Trinajstić information content (AvgIpc) is 2.85. The van der Waals surface area contributed by atoms with Crippen LogP contribution in [-0.2, 0) is 8.23 Å². The maximum Gasteiger partial charge on any atom is 0.884 e. The molecule has 4 aromatic rings. The van der Waals surface area contributed by atoms with Gasteiger partial charge in [0.15, 0.2) is 0 Å². The zero-order chi connectivity index (χ0) is 26.2. The maximum atomic E-state index is 6.75. The van der Waals surface area contributed by atoms with Crippen LogP contribution in [0.15, 0.2) is 121 Å². The van der Waals surface area contributed by atoms with E-state index in [0.29, 0.717) is 17.2 Å². The van der Waals surface area contributed by atoms with Gasteiger partial charge in [-0.1, -0.05) is 72.8 Å². The summed E-state index contributed by atoms with van der Waals surface area (Å²) in [6.07, 6.45) is 0. The average molecular weight is 549 g/mol. The van der Waals surface area contributed by atoms with Crippen molar-refractivity contribution >= 4 is 26.2 Å². The lowest BCUT2D eigenvalue weighted by atomic mass is 10.3. The molecule has 0 aromatic heterocycles. The minimum absolute atomic E-state index is 0.572. The molecule has 6 nitrogen and oxygen atoms in total. The monoisotopic (exact) mass is 548 g/mol.